The van der Waals surface area contributed by atoms with Gasteiger partial charge in [-0.25, -0.2) is 4.39 Å². The van der Waals surface area contributed by atoms with Crippen LogP contribution in [0.25, 0.3) is 0 Å². The molecule has 1 aliphatic rings. The second kappa shape index (κ2) is 4.03. The number of anilines is 1. The minimum atomic E-state index is -0.320. The van der Waals surface area contributed by atoms with Crippen LogP contribution in [-0.2, 0) is 0 Å². The highest BCUT2D eigenvalue weighted by Crippen LogP contribution is 2.49. The number of benzene rings is 1. The van der Waals surface area contributed by atoms with Gasteiger partial charge in [-0.1, -0.05) is 6.92 Å². The van der Waals surface area contributed by atoms with Crippen molar-refractivity contribution in [1.82, 2.24) is 0 Å². The Balaban J connectivity index is 2.26. The molecule has 1 fully saturated rings. The summed E-state index contributed by atoms with van der Waals surface area (Å²) in [5, 5.41) is 12.2. The van der Waals surface area contributed by atoms with Crippen LogP contribution >= 0.6 is 0 Å². The zero-order valence-electron chi connectivity index (χ0n) is 10.5. The van der Waals surface area contributed by atoms with E-state index < -0.39 is 0 Å². The van der Waals surface area contributed by atoms with Crippen molar-refractivity contribution < 1.29 is 4.39 Å². The molecule has 0 saturated heterocycles. The molecule has 0 amide bonds. The molecule has 1 saturated carbocycles. The summed E-state index contributed by atoms with van der Waals surface area (Å²) in [7, 11) is 0. The lowest BCUT2D eigenvalue weighted by atomic mass is 9.99. The lowest BCUT2D eigenvalue weighted by molar-refractivity contribution is 0.492. The Hall–Kier alpha value is -1.56. The van der Waals surface area contributed by atoms with E-state index in [4.69, 9.17) is 5.26 Å². The van der Waals surface area contributed by atoms with Gasteiger partial charge in [0.2, 0.25) is 0 Å². The summed E-state index contributed by atoms with van der Waals surface area (Å²) in [6, 6.07) is 5.29. The van der Waals surface area contributed by atoms with Crippen LogP contribution in [0, 0.1) is 29.5 Å². The van der Waals surface area contributed by atoms with Gasteiger partial charge in [-0.05, 0) is 44.2 Å². The fourth-order valence-electron chi connectivity index (χ4n) is 1.93. The normalized spacial score (nSPS) is 18.3. The summed E-state index contributed by atoms with van der Waals surface area (Å²) in [6.07, 6.45) is 2.42. The maximum Gasteiger partial charge on any atom is 0.129 e. The standard InChI is InChI=1S/C14H17FN2/c1-9-12(15)6-11(8-16)7-13(9)17-10(2)14(3)4-5-14/h6-7,10,17H,4-5H2,1-3H3. The summed E-state index contributed by atoms with van der Waals surface area (Å²) < 4.78 is 13.6. The van der Waals surface area contributed by atoms with Crippen LogP contribution in [0.5, 0.6) is 0 Å². The smallest absolute Gasteiger partial charge is 0.129 e. The third kappa shape index (κ3) is 2.26. The minimum Gasteiger partial charge on any atom is -0.382 e. The van der Waals surface area contributed by atoms with Crippen molar-refractivity contribution in [2.45, 2.75) is 39.7 Å². The highest BCUT2D eigenvalue weighted by molar-refractivity contribution is 5.56. The SMILES string of the molecule is Cc1c(F)cc(C#N)cc1NC(C)C1(C)CC1. The van der Waals surface area contributed by atoms with E-state index >= 15 is 0 Å². The molecule has 2 nitrogen and oxygen atoms in total. The number of hydrogen-bond donors (Lipinski definition) is 1. The molecule has 0 spiro atoms. The third-order valence-corrected chi connectivity index (χ3v) is 3.93. The first kappa shape index (κ1) is 11.9. The van der Waals surface area contributed by atoms with Crippen LogP contribution in [-0.4, -0.2) is 6.04 Å². The van der Waals surface area contributed by atoms with E-state index in [2.05, 4.69) is 19.2 Å². The monoisotopic (exact) mass is 232 g/mol. The average molecular weight is 232 g/mol. The van der Waals surface area contributed by atoms with Crippen molar-refractivity contribution in [1.29, 1.82) is 5.26 Å². The van der Waals surface area contributed by atoms with Crippen molar-refractivity contribution in [2.24, 2.45) is 5.41 Å². The Morgan fingerprint density at radius 2 is 2.12 bits per heavy atom. The summed E-state index contributed by atoms with van der Waals surface area (Å²) in [5.41, 5.74) is 2.01. The van der Waals surface area contributed by atoms with E-state index in [9.17, 15) is 4.39 Å². The number of halogens is 1. The molecule has 17 heavy (non-hydrogen) atoms. The highest BCUT2D eigenvalue weighted by atomic mass is 19.1. The number of nitriles is 1. The Labute approximate surface area is 101 Å². The molecule has 1 aromatic rings. The molecule has 0 radical (unpaired) electrons. The van der Waals surface area contributed by atoms with Crippen molar-refractivity contribution in [3.8, 4) is 6.07 Å². The van der Waals surface area contributed by atoms with Crippen molar-refractivity contribution in [3.05, 3.63) is 29.1 Å². The maximum atomic E-state index is 13.6. The van der Waals surface area contributed by atoms with E-state index in [1.807, 2.05) is 6.07 Å². The fourth-order valence-corrected chi connectivity index (χ4v) is 1.93. The first-order chi connectivity index (χ1) is 7.96. The van der Waals surface area contributed by atoms with Crippen molar-refractivity contribution in [2.75, 3.05) is 5.32 Å². The van der Waals surface area contributed by atoms with Gasteiger partial charge < -0.3 is 5.32 Å². The molecule has 0 heterocycles. The van der Waals surface area contributed by atoms with Gasteiger partial charge in [-0.3, -0.25) is 0 Å². The van der Waals surface area contributed by atoms with Crippen LogP contribution in [0.1, 0.15) is 37.8 Å². The Kier molecular flexibility index (Phi) is 2.82. The molecular formula is C14H17FN2. The van der Waals surface area contributed by atoms with E-state index in [0.717, 1.165) is 5.69 Å². The summed E-state index contributed by atoms with van der Waals surface area (Å²) >= 11 is 0. The number of rotatable bonds is 3. The summed E-state index contributed by atoms with van der Waals surface area (Å²) in [5.74, 6) is -0.320. The summed E-state index contributed by atoms with van der Waals surface area (Å²) in [6.45, 7) is 6.08. The first-order valence-corrected chi connectivity index (χ1v) is 5.93. The van der Waals surface area contributed by atoms with Gasteiger partial charge in [0.05, 0.1) is 11.6 Å². The first-order valence-electron chi connectivity index (χ1n) is 5.93. The Bertz CT molecular complexity index is 484. The summed E-state index contributed by atoms with van der Waals surface area (Å²) in [4.78, 5) is 0. The van der Waals surface area contributed by atoms with Crippen LogP contribution in [0.2, 0.25) is 0 Å². The number of nitrogens with one attached hydrogen (secondary N) is 1. The van der Waals surface area contributed by atoms with Crippen molar-refractivity contribution in [3.63, 3.8) is 0 Å². The van der Waals surface area contributed by atoms with Gasteiger partial charge in [-0.15, -0.1) is 0 Å². The quantitative estimate of drug-likeness (QED) is 0.864. The molecule has 0 aliphatic heterocycles. The van der Waals surface area contributed by atoms with Gasteiger partial charge in [0, 0.05) is 17.3 Å². The topological polar surface area (TPSA) is 35.8 Å². The minimum absolute atomic E-state index is 0.301. The van der Waals surface area contributed by atoms with Crippen LogP contribution in [0.15, 0.2) is 12.1 Å². The second-order valence-corrected chi connectivity index (χ2v) is 5.26. The molecular weight excluding hydrogens is 215 g/mol. The zero-order valence-corrected chi connectivity index (χ0v) is 10.5. The molecule has 1 aliphatic carbocycles. The van der Waals surface area contributed by atoms with Gasteiger partial charge in [-0.2, -0.15) is 5.26 Å². The number of nitrogens with zero attached hydrogens (tertiary/aromatic N) is 1. The molecule has 2 rings (SSSR count). The average Bonchev–Trinajstić information content (AvgIpc) is 3.04. The van der Waals surface area contributed by atoms with E-state index in [-0.39, 0.29) is 5.82 Å². The van der Waals surface area contributed by atoms with E-state index in [1.165, 1.54) is 18.9 Å². The highest BCUT2D eigenvalue weighted by Gasteiger charge is 2.42. The molecule has 0 bridgehead atoms. The predicted octanol–water partition coefficient (Wildman–Crippen LogP) is 3.61. The lowest BCUT2D eigenvalue weighted by Gasteiger charge is -2.23. The van der Waals surface area contributed by atoms with Gasteiger partial charge in [0.15, 0.2) is 0 Å². The van der Waals surface area contributed by atoms with Crippen LogP contribution in [0.3, 0.4) is 0 Å². The fraction of sp³-hybridized carbons (Fsp3) is 0.500. The third-order valence-electron chi connectivity index (χ3n) is 3.93. The largest absolute Gasteiger partial charge is 0.382 e. The van der Waals surface area contributed by atoms with E-state index in [0.29, 0.717) is 22.6 Å². The molecule has 1 N–H and O–H groups in total. The lowest BCUT2D eigenvalue weighted by Crippen LogP contribution is -2.25. The molecule has 90 valence electrons. The second-order valence-electron chi connectivity index (χ2n) is 5.26. The van der Waals surface area contributed by atoms with Gasteiger partial charge >= 0.3 is 0 Å². The Morgan fingerprint density at radius 3 is 2.65 bits per heavy atom. The zero-order chi connectivity index (χ0) is 12.6. The van der Waals surface area contributed by atoms with Crippen molar-refractivity contribution >= 4 is 5.69 Å². The van der Waals surface area contributed by atoms with Gasteiger partial charge in [0.1, 0.15) is 5.82 Å². The van der Waals surface area contributed by atoms with E-state index in [1.54, 1.807) is 13.0 Å². The molecule has 1 unspecified atom stereocenters. The predicted molar refractivity (Wildman–Crippen MR) is 66.3 cm³/mol. The molecule has 1 atom stereocenters. The number of hydrogen-bond acceptors (Lipinski definition) is 2. The van der Waals surface area contributed by atoms with Crippen LogP contribution < -0.4 is 5.32 Å². The Morgan fingerprint density at radius 1 is 1.47 bits per heavy atom. The maximum absolute atomic E-state index is 13.6. The molecule has 1 aromatic carbocycles. The van der Waals surface area contributed by atoms with Crippen LogP contribution in [0.4, 0.5) is 10.1 Å². The molecule has 3 heteroatoms. The molecule has 0 aromatic heterocycles. The van der Waals surface area contributed by atoms with Gasteiger partial charge in [0.25, 0.3) is 0 Å².